The van der Waals surface area contributed by atoms with Crippen LogP contribution in [0.5, 0.6) is 5.75 Å². The van der Waals surface area contributed by atoms with Crippen LogP contribution in [0.25, 0.3) is 6.08 Å². The number of aromatic hydroxyl groups is 1. The minimum Gasteiger partial charge on any atom is -0.508 e. The molecule has 102 valence electrons. The fourth-order valence-electron chi connectivity index (χ4n) is 2.12. The van der Waals surface area contributed by atoms with Gasteiger partial charge in [0, 0.05) is 17.5 Å². The van der Waals surface area contributed by atoms with Crippen molar-refractivity contribution in [1.82, 2.24) is 5.32 Å². The lowest BCUT2D eigenvalue weighted by Gasteiger charge is -2.49. The summed E-state index contributed by atoms with van der Waals surface area (Å²) >= 11 is 0. The SMILES string of the molecule is CC1(C)C(O)CC1NC(=O)/C=C/c1ccc(O)cc1. The number of hydrogen-bond donors (Lipinski definition) is 3. The van der Waals surface area contributed by atoms with Crippen molar-refractivity contribution >= 4 is 12.0 Å². The number of benzene rings is 1. The number of aliphatic hydroxyl groups excluding tert-OH is 1. The van der Waals surface area contributed by atoms with Crippen molar-refractivity contribution in [2.24, 2.45) is 5.41 Å². The van der Waals surface area contributed by atoms with E-state index in [1.54, 1.807) is 30.3 Å². The van der Waals surface area contributed by atoms with Crippen LogP contribution in [0.3, 0.4) is 0 Å². The first-order valence-electron chi connectivity index (χ1n) is 6.35. The summed E-state index contributed by atoms with van der Waals surface area (Å²) in [6.07, 6.45) is 3.41. The molecule has 1 aromatic rings. The minimum absolute atomic E-state index is 0.0134. The van der Waals surface area contributed by atoms with E-state index in [-0.39, 0.29) is 29.2 Å². The van der Waals surface area contributed by atoms with Gasteiger partial charge in [0.15, 0.2) is 0 Å². The minimum atomic E-state index is -0.348. The first kappa shape index (κ1) is 13.6. The third kappa shape index (κ3) is 2.96. The first-order valence-corrected chi connectivity index (χ1v) is 6.35. The molecular formula is C15H19NO3. The lowest BCUT2D eigenvalue weighted by Crippen LogP contribution is -2.60. The van der Waals surface area contributed by atoms with Crippen LogP contribution in [0.15, 0.2) is 30.3 Å². The maximum Gasteiger partial charge on any atom is 0.244 e. The van der Waals surface area contributed by atoms with Gasteiger partial charge in [0.05, 0.1) is 6.10 Å². The molecule has 2 rings (SSSR count). The number of hydrogen-bond acceptors (Lipinski definition) is 3. The second-order valence-corrected chi connectivity index (χ2v) is 5.56. The number of rotatable bonds is 3. The van der Waals surface area contributed by atoms with Crippen molar-refractivity contribution in [2.75, 3.05) is 0 Å². The molecule has 0 aliphatic heterocycles. The van der Waals surface area contributed by atoms with E-state index in [0.717, 1.165) is 5.56 Å². The van der Waals surface area contributed by atoms with Gasteiger partial charge in [-0.3, -0.25) is 4.79 Å². The third-order valence-corrected chi connectivity index (χ3v) is 3.85. The average molecular weight is 261 g/mol. The highest BCUT2D eigenvalue weighted by Crippen LogP contribution is 2.40. The molecule has 0 saturated heterocycles. The predicted molar refractivity (Wildman–Crippen MR) is 73.5 cm³/mol. The van der Waals surface area contributed by atoms with Gasteiger partial charge in [0.1, 0.15) is 5.75 Å². The summed E-state index contributed by atoms with van der Waals surface area (Å²) in [7, 11) is 0. The molecule has 0 bridgehead atoms. The molecule has 19 heavy (non-hydrogen) atoms. The zero-order valence-electron chi connectivity index (χ0n) is 11.1. The zero-order chi connectivity index (χ0) is 14.0. The molecular weight excluding hydrogens is 242 g/mol. The van der Waals surface area contributed by atoms with E-state index in [4.69, 9.17) is 5.11 Å². The Hall–Kier alpha value is -1.81. The molecule has 4 nitrogen and oxygen atoms in total. The quantitative estimate of drug-likeness (QED) is 0.725. The monoisotopic (exact) mass is 261 g/mol. The van der Waals surface area contributed by atoms with Gasteiger partial charge in [0.2, 0.25) is 5.91 Å². The molecule has 0 heterocycles. The van der Waals surface area contributed by atoms with Crippen molar-refractivity contribution in [3.8, 4) is 5.75 Å². The second-order valence-electron chi connectivity index (χ2n) is 5.56. The van der Waals surface area contributed by atoms with E-state index in [9.17, 15) is 9.90 Å². The highest BCUT2D eigenvalue weighted by molar-refractivity contribution is 5.92. The van der Waals surface area contributed by atoms with Crippen LogP contribution in [0.4, 0.5) is 0 Å². The summed E-state index contributed by atoms with van der Waals surface area (Å²) in [6.45, 7) is 3.88. The molecule has 0 aromatic heterocycles. The van der Waals surface area contributed by atoms with E-state index < -0.39 is 0 Å². The number of amides is 1. The van der Waals surface area contributed by atoms with Crippen molar-refractivity contribution in [3.05, 3.63) is 35.9 Å². The van der Waals surface area contributed by atoms with Crippen LogP contribution in [0.2, 0.25) is 0 Å². The smallest absolute Gasteiger partial charge is 0.244 e. The molecule has 0 spiro atoms. The molecule has 1 fully saturated rings. The van der Waals surface area contributed by atoms with E-state index in [1.165, 1.54) is 6.08 Å². The number of aliphatic hydroxyl groups is 1. The summed E-state index contributed by atoms with van der Waals surface area (Å²) in [5, 5.41) is 21.6. The maximum absolute atomic E-state index is 11.8. The van der Waals surface area contributed by atoms with Crippen molar-refractivity contribution in [2.45, 2.75) is 32.4 Å². The zero-order valence-corrected chi connectivity index (χ0v) is 11.1. The van der Waals surface area contributed by atoms with Gasteiger partial charge in [0.25, 0.3) is 0 Å². The summed E-state index contributed by atoms with van der Waals surface area (Å²) in [4.78, 5) is 11.8. The summed E-state index contributed by atoms with van der Waals surface area (Å²) in [6, 6.07) is 6.62. The Balaban J connectivity index is 1.90. The number of phenolic OH excluding ortho intramolecular Hbond substituents is 1. The molecule has 1 saturated carbocycles. The van der Waals surface area contributed by atoms with Crippen LogP contribution >= 0.6 is 0 Å². The van der Waals surface area contributed by atoms with Crippen molar-refractivity contribution in [1.29, 1.82) is 0 Å². The van der Waals surface area contributed by atoms with Crippen LogP contribution in [0.1, 0.15) is 25.8 Å². The van der Waals surface area contributed by atoms with Gasteiger partial charge >= 0.3 is 0 Å². The molecule has 3 N–H and O–H groups in total. The molecule has 2 unspecified atom stereocenters. The van der Waals surface area contributed by atoms with Gasteiger partial charge in [-0.05, 0) is 30.2 Å². The van der Waals surface area contributed by atoms with Crippen LogP contribution in [-0.2, 0) is 4.79 Å². The highest BCUT2D eigenvalue weighted by atomic mass is 16.3. The number of phenols is 1. The normalized spacial score (nSPS) is 25.0. The number of carbonyl (C=O) groups excluding carboxylic acids is 1. The lowest BCUT2D eigenvalue weighted by molar-refractivity contribution is -0.124. The summed E-state index contributed by atoms with van der Waals surface area (Å²) < 4.78 is 0. The molecule has 0 radical (unpaired) electrons. The molecule has 1 aliphatic carbocycles. The Bertz CT molecular complexity index is 491. The van der Waals surface area contributed by atoms with Gasteiger partial charge in [-0.25, -0.2) is 0 Å². The molecule has 2 atom stereocenters. The van der Waals surface area contributed by atoms with Gasteiger partial charge in [-0.15, -0.1) is 0 Å². The van der Waals surface area contributed by atoms with Crippen molar-refractivity contribution < 1.29 is 15.0 Å². The summed E-state index contributed by atoms with van der Waals surface area (Å²) in [5.74, 6) is 0.0323. The molecule has 1 amide bonds. The van der Waals surface area contributed by atoms with Crippen LogP contribution in [0, 0.1) is 5.41 Å². The number of nitrogens with one attached hydrogen (secondary N) is 1. The van der Waals surface area contributed by atoms with Crippen LogP contribution < -0.4 is 5.32 Å². The first-order chi connectivity index (χ1) is 8.89. The predicted octanol–water partition coefficient (Wildman–Crippen LogP) is 1.68. The number of carbonyl (C=O) groups is 1. The lowest BCUT2D eigenvalue weighted by atomic mass is 9.64. The molecule has 1 aromatic carbocycles. The summed E-state index contributed by atoms with van der Waals surface area (Å²) in [5.41, 5.74) is 0.586. The standard InChI is InChI=1S/C15H19NO3/c1-15(2)12(9-13(15)18)16-14(19)8-5-10-3-6-11(17)7-4-10/h3-8,12-13,17-18H,9H2,1-2H3,(H,16,19)/b8-5+. The van der Waals surface area contributed by atoms with E-state index in [1.807, 2.05) is 13.8 Å². The fraction of sp³-hybridized carbons (Fsp3) is 0.400. The Kier molecular flexibility index (Phi) is 3.62. The third-order valence-electron chi connectivity index (χ3n) is 3.85. The Morgan fingerprint density at radius 3 is 2.53 bits per heavy atom. The molecule has 4 heteroatoms. The molecule has 1 aliphatic rings. The fourth-order valence-corrected chi connectivity index (χ4v) is 2.12. The largest absolute Gasteiger partial charge is 0.508 e. The Morgan fingerprint density at radius 1 is 1.37 bits per heavy atom. The van der Waals surface area contributed by atoms with E-state index in [0.29, 0.717) is 6.42 Å². The van der Waals surface area contributed by atoms with Gasteiger partial charge in [-0.2, -0.15) is 0 Å². The van der Waals surface area contributed by atoms with E-state index in [2.05, 4.69) is 5.32 Å². The Morgan fingerprint density at radius 2 is 2.00 bits per heavy atom. The van der Waals surface area contributed by atoms with Gasteiger partial charge in [-0.1, -0.05) is 26.0 Å². The van der Waals surface area contributed by atoms with Crippen LogP contribution in [-0.4, -0.2) is 28.3 Å². The Labute approximate surface area is 112 Å². The maximum atomic E-state index is 11.8. The van der Waals surface area contributed by atoms with Crippen molar-refractivity contribution in [3.63, 3.8) is 0 Å². The second kappa shape index (κ2) is 5.05. The topological polar surface area (TPSA) is 69.6 Å². The van der Waals surface area contributed by atoms with E-state index >= 15 is 0 Å². The van der Waals surface area contributed by atoms with Gasteiger partial charge < -0.3 is 15.5 Å². The highest BCUT2D eigenvalue weighted by Gasteiger charge is 2.47. The average Bonchev–Trinajstić information content (AvgIpc) is 2.38.